The second-order valence-electron chi connectivity index (χ2n) is 4.67. The van der Waals surface area contributed by atoms with E-state index in [9.17, 15) is 0 Å². The first-order valence-electron chi connectivity index (χ1n) is 6.96. The number of fused-ring (bicyclic) bond motifs is 1. The van der Waals surface area contributed by atoms with Gasteiger partial charge in [0.15, 0.2) is 5.82 Å². The van der Waals surface area contributed by atoms with Crippen molar-refractivity contribution in [2.24, 2.45) is 0 Å². The summed E-state index contributed by atoms with van der Waals surface area (Å²) >= 11 is 0. The standard InChI is InChI=1S/C15H21N3O/c1-2-3-4-5-8-11-19-15-14(16)17-12-9-6-7-10-13(12)18-15/h6-7,9-10H,2-5,8,11H2,1H3,(H2,16,17). The highest BCUT2D eigenvalue weighted by atomic mass is 16.5. The minimum Gasteiger partial charge on any atom is -0.475 e. The molecule has 2 rings (SSSR count). The van der Waals surface area contributed by atoms with Gasteiger partial charge in [-0.05, 0) is 18.6 Å². The Bertz CT molecular complexity index is 528. The average Bonchev–Trinajstić information content (AvgIpc) is 2.43. The predicted molar refractivity (Wildman–Crippen MR) is 78.2 cm³/mol. The van der Waals surface area contributed by atoms with Gasteiger partial charge in [-0.2, -0.15) is 0 Å². The topological polar surface area (TPSA) is 61.0 Å². The van der Waals surface area contributed by atoms with Crippen LogP contribution in [-0.4, -0.2) is 16.6 Å². The number of nitrogens with two attached hydrogens (primary N) is 1. The molecule has 0 aliphatic heterocycles. The fourth-order valence-corrected chi connectivity index (χ4v) is 1.98. The van der Waals surface area contributed by atoms with Crippen LogP contribution in [0.25, 0.3) is 11.0 Å². The van der Waals surface area contributed by atoms with Crippen molar-refractivity contribution in [3.05, 3.63) is 24.3 Å². The molecule has 0 saturated heterocycles. The molecule has 4 nitrogen and oxygen atoms in total. The number of benzene rings is 1. The molecular weight excluding hydrogens is 238 g/mol. The number of anilines is 1. The van der Waals surface area contributed by atoms with Crippen molar-refractivity contribution in [1.82, 2.24) is 9.97 Å². The first-order chi connectivity index (χ1) is 9.31. The Morgan fingerprint density at radius 2 is 1.68 bits per heavy atom. The van der Waals surface area contributed by atoms with Crippen LogP contribution in [-0.2, 0) is 0 Å². The molecule has 0 aliphatic rings. The van der Waals surface area contributed by atoms with Gasteiger partial charge in [-0.25, -0.2) is 9.97 Å². The molecule has 2 aromatic rings. The van der Waals surface area contributed by atoms with E-state index >= 15 is 0 Å². The lowest BCUT2D eigenvalue weighted by Gasteiger charge is -2.08. The summed E-state index contributed by atoms with van der Waals surface area (Å²) in [5, 5.41) is 0. The Kier molecular flexibility index (Phi) is 4.95. The fourth-order valence-electron chi connectivity index (χ4n) is 1.98. The van der Waals surface area contributed by atoms with E-state index in [1.807, 2.05) is 24.3 Å². The van der Waals surface area contributed by atoms with Crippen LogP contribution < -0.4 is 10.5 Å². The van der Waals surface area contributed by atoms with Gasteiger partial charge in [-0.15, -0.1) is 0 Å². The highest BCUT2D eigenvalue weighted by molar-refractivity contribution is 5.76. The Morgan fingerprint density at radius 1 is 1.00 bits per heavy atom. The molecule has 102 valence electrons. The van der Waals surface area contributed by atoms with Gasteiger partial charge in [0.05, 0.1) is 17.6 Å². The van der Waals surface area contributed by atoms with Crippen LogP contribution >= 0.6 is 0 Å². The van der Waals surface area contributed by atoms with Gasteiger partial charge in [0.2, 0.25) is 0 Å². The smallest absolute Gasteiger partial charge is 0.257 e. The van der Waals surface area contributed by atoms with Gasteiger partial charge in [0.1, 0.15) is 0 Å². The van der Waals surface area contributed by atoms with Gasteiger partial charge in [0, 0.05) is 0 Å². The van der Waals surface area contributed by atoms with Gasteiger partial charge >= 0.3 is 0 Å². The summed E-state index contributed by atoms with van der Waals surface area (Å²) in [7, 11) is 0. The first-order valence-corrected chi connectivity index (χ1v) is 6.96. The number of nitrogens with zero attached hydrogens (tertiary/aromatic N) is 2. The van der Waals surface area contributed by atoms with Crippen LogP contribution in [0, 0.1) is 0 Å². The first kappa shape index (κ1) is 13.6. The quantitative estimate of drug-likeness (QED) is 0.772. The van der Waals surface area contributed by atoms with Gasteiger partial charge in [0.25, 0.3) is 5.88 Å². The molecule has 0 bridgehead atoms. The number of hydrogen-bond acceptors (Lipinski definition) is 4. The summed E-state index contributed by atoms with van der Waals surface area (Å²) in [6.45, 7) is 2.86. The largest absolute Gasteiger partial charge is 0.475 e. The number of unbranched alkanes of at least 4 members (excludes halogenated alkanes) is 4. The third-order valence-electron chi connectivity index (χ3n) is 3.05. The number of nitrogen functional groups attached to an aromatic ring is 1. The normalized spacial score (nSPS) is 10.8. The molecular formula is C15H21N3O. The zero-order valence-corrected chi connectivity index (χ0v) is 11.4. The van der Waals surface area contributed by atoms with Crippen LogP contribution in [0.15, 0.2) is 24.3 Å². The van der Waals surface area contributed by atoms with Crippen LogP contribution in [0.5, 0.6) is 5.88 Å². The maximum absolute atomic E-state index is 5.85. The molecule has 0 atom stereocenters. The summed E-state index contributed by atoms with van der Waals surface area (Å²) in [4.78, 5) is 8.69. The number of hydrogen-bond donors (Lipinski definition) is 1. The molecule has 0 aliphatic carbocycles. The Hall–Kier alpha value is -1.84. The Labute approximate surface area is 114 Å². The van der Waals surface area contributed by atoms with Gasteiger partial charge in [-0.3, -0.25) is 0 Å². The maximum Gasteiger partial charge on any atom is 0.257 e. The molecule has 4 heteroatoms. The lowest BCUT2D eigenvalue weighted by atomic mass is 10.2. The zero-order valence-electron chi connectivity index (χ0n) is 11.4. The van der Waals surface area contributed by atoms with E-state index in [0.717, 1.165) is 17.5 Å². The van der Waals surface area contributed by atoms with Crippen molar-refractivity contribution in [1.29, 1.82) is 0 Å². The molecule has 2 N–H and O–H groups in total. The Balaban J connectivity index is 1.91. The van der Waals surface area contributed by atoms with Crippen molar-refractivity contribution in [3.63, 3.8) is 0 Å². The molecule has 19 heavy (non-hydrogen) atoms. The second kappa shape index (κ2) is 6.92. The van der Waals surface area contributed by atoms with Gasteiger partial charge < -0.3 is 10.5 Å². The highest BCUT2D eigenvalue weighted by Crippen LogP contribution is 2.20. The number of para-hydroxylation sites is 2. The third-order valence-corrected chi connectivity index (χ3v) is 3.05. The molecule has 1 aromatic carbocycles. The Morgan fingerprint density at radius 3 is 2.42 bits per heavy atom. The maximum atomic E-state index is 5.85. The van der Waals surface area contributed by atoms with E-state index in [2.05, 4.69) is 16.9 Å². The highest BCUT2D eigenvalue weighted by Gasteiger charge is 2.06. The minimum atomic E-state index is 0.368. The summed E-state index contributed by atoms with van der Waals surface area (Å²) in [6, 6.07) is 7.66. The number of aromatic nitrogens is 2. The van der Waals surface area contributed by atoms with E-state index < -0.39 is 0 Å². The molecule has 1 heterocycles. The third kappa shape index (κ3) is 3.81. The van der Waals surface area contributed by atoms with Crippen molar-refractivity contribution in [2.75, 3.05) is 12.3 Å². The average molecular weight is 259 g/mol. The van der Waals surface area contributed by atoms with Crippen LogP contribution in [0.3, 0.4) is 0 Å². The molecule has 1 aromatic heterocycles. The molecule has 0 radical (unpaired) electrons. The van der Waals surface area contributed by atoms with Crippen LogP contribution in [0.4, 0.5) is 5.82 Å². The van der Waals surface area contributed by atoms with Crippen LogP contribution in [0.2, 0.25) is 0 Å². The van der Waals surface area contributed by atoms with Gasteiger partial charge in [-0.1, -0.05) is 44.7 Å². The molecule has 0 unspecified atom stereocenters. The lowest BCUT2D eigenvalue weighted by Crippen LogP contribution is -2.04. The lowest BCUT2D eigenvalue weighted by molar-refractivity contribution is 0.295. The predicted octanol–water partition coefficient (Wildman–Crippen LogP) is 3.56. The van der Waals surface area contributed by atoms with Crippen molar-refractivity contribution in [3.8, 4) is 5.88 Å². The molecule has 0 amide bonds. The SMILES string of the molecule is CCCCCCCOc1nc2ccccc2nc1N. The molecule has 0 spiro atoms. The van der Waals surface area contributed by atoms with E-state index in [-0.39, 0.29) is 0 Å². The van der Waals surface area contributed by atoms with E-state index in [4.69, 9.17) is 10.5 Å². The number of ether oxygens (including phenoxy) is 1. The van der Waals surface area contributed by atoms with E-state index in [1.54, 1.807) is 0 Å². The minimum absolute atomic E-state index is 0.368. The van der Waals surface area contributed by atoms with Crippen LogP contribution in [0.1, 0.15) is 39.0 Å². The molecule has 0 saturated carbocycles. The molecule has 0 fully saturated rings. The van der Waals surface area contributed by atoms with Crippen molar-refractivity contribution < 1.29 is 4.74 Å². The van der Waals surface area contributed by atoms with E-state index in [0.29, 0.717) is 18.3 Å². The second-order valence-corrected chi connectivity index (χ2v) is 4.67. The summed E-state index contributed by atoms with van der Waals surface area (Å²) in [5.74, 6) is 0.821. The fraction of sp³-hybridized carbons (Fsp3) is 0.467. The summed E-state index contributed by atoms with van der Waals surface area (Å²) < 4.78 is 5.63. The monoisotopic (exact) mass is 259 g/mol. The zero-order chi connectivity index (χ0) is 13.5. The van der Waals surface area contributed by atoms with E-state index in [1.165, 1.54) is 25.7 Å². The number of rotatable bonds is 7. The summed E-state index contributed by atoms with van der Waals surface area (Å²) in [5.41, 5.74) is 7.47. The van der Waals surface area contributed by atoms with Crippen molar-refractivity contribution in [2.45, 2.75) is 39.0 Å². The van der Waals surface area contributed by atoms with Crippen molar-refractivity contribution >= 4 is 16.9 Å². The summed E-state index contributed by atoms with van der Waals surface area (Å²) in [6.07, 6.45) is 6.03.